The summed E-state index contributed by atoms with van der Waals surface area (Å²) in [5, 5.41) is 14.1. The molecule has 3 N–H and O–H groups in total. The molecule has 4 aromatic rings. The molecule has 1 fully saturated rings. The first-order valence-corrected chi connectivity index (χ1v) is 26.2. The van der Waals surface area contributed by atoms with Gasteiger partial charge in [-0.05, 0) is 78.2 Å². The van der Waals surface area contributed by atoms with Crippen molar-refractivity contribution in [2.24, 2.45) is 4.99 Å². The van der Waals surface area contributed by atoms with Crippen molar-refractivity contribution >= 4 is 98.0 Å². The van der Waals surface area contributed by atoms with Gasteiger partial charge in [0.1, 0.15) is 19.1 Å². The van der Waals surface area contributed by atoms with Gasteiger partial charge in [0, 0.05) is 40.7 Å². The van der Waals surface area contributed by atoms with Gasteiger partial charge in [-0.25, -0.2) is 22.5 Å². The van der Waals surface area contributed by atoms with E-state index < -0.39 is 53.8 Å². The molecule has 17 nitrogen and oxygen atoms in total. The standard InChI is InChI=1S/C15H15ClFN3O3S2.C14H12ClNO4S.C3H8NO5P.C3H9S/c1-23-13(21)8-24-12-7-11(10(17)6-9(12)16)18-14-19-4-2-3-5-20(19)15(22)25-14;1-21(18,19)12-6-9(15)4-5-10(12)13(17)11-7-16-20-14(11)8-2-3-8;5-3(6)1-4-2-10(7,8)9;1-4(2)3/h6-7H,2-5,8H2,1H3;4-8H,2-3H2,1H3;4H,1-2H2,(H,5,6)(H2,7,8,9);1-3H3/q;;;+1/p-1. The fraction of sp³-hybridized carbons (Fsp3) is 0.429. The third-order valence-corrected chi connectivity index (χ3v) is 12.0. The highest BCUT2D eigenvalue weighted by molar-refractivity contribution is 8.00. The van der Waals surface area contributed by atoms with Crippen LogP contribution in [0.15, 0.2) is 60.6 Å². The summed E-state index contributed by atoms with van der Waals surface area (Å²) in [6.07, 6.45) is 12.1. The number of esters is 1. The molecule has 1 saturated carbocycles. The van der Waals surface area contributed by atoms with E-state index in [0.29, 0.717) is 45.0 Å². The van der Waals surface area contributed by atoms with E-state index in [4.69, 9.17) is 37.7 Å². The second-order valence-corrected chi connectivity index (χ2v) is 22.1. The minimum atomic E-state index is -4.35. The van der Waals surface area contributed by atoms with E-state index in [1.54, 1.807) is 9.36 Å². The van der Waals surface area contributed by atoms with E-state index in [1.165, 1.54) is 37.6 Å². The molecular weight excluding hydrogens is 932 g/mol. The number of carbonyl (C=O) groups excluding carboxylic acids is 2. The second-order valence-electron chi connectivity index (χ2n) is 13.3. The molecule has 1 unspecified atom stereocenters. The van der Waals surface area contributed by atoms with Crippen LogP contribution in [0.5, 0.6) is 0 Å². The molecular formula is C35H43Cl2FN5O12PS4. The molecule has 0 bridgehead atoms. The Labute approximate surface area is 365 Å². The van der Waals surface area contributed by atoms with Gasteiger partial charge in [0.2, 0.25) is 4.80 Å². The molecule has 6 rings (SSSR count). The van der Waals surface area contributed by atoms with E-state index in [-0.39, 0.29) is 42.7 Å². The van der Waals surface area contributed by atoms with E-state index in [0.717, 1.165) is 61.1 Å². The zero-order valence-electron chi connectivity index (χ0n) is 32.9. The van der Waals surface area contributed by atoms with Gasteiger partial charge in [-0.2, -0.15) is 0 Å². The van der Waals surface area contributed by atoms with Crippen LogP contribution >= 0.6 is 53.9 Å². The number of aliphatic carboxylic acids is 1. The number of benzene rings is 2. The quantitative estimate of drug-likeness (QED) is 0.0589. The Morgan fingerprint density at radius 1 is 1.15 bits per heavy atom. The first-order chi connectivity index (χ1) is 28.0. The number of nitrogens with zero attached hydrogens (tertiary/aromatic N) is 4. The molecule has 0 spiro atoms. The summed E-state index contributed by atoms with van der Waals surface area (Å²) in [6, 6.07) is 6.85. The summed E-state index contributed by atoms with van der Waals surface area (Å²) in [5.74, 6) is -1.76. The smallest absolute Gasteiger partial charge is 0.325 e. The van der Waals surface area contributed by atoms with Crippen LogP contribution < -0.4 is 19.9 Å². The van der Waals surface area contributed by atoms with Gasteiger partial charge in [-0.1, -0.05) is 28.4 Å². The van der Waals surface area contributed by atoms with Crippen molar-refractivity contribution in [2.45, 2.75) is 54.5 Å². The number of thioether (sulfide) groups is 1. The van der Waals surface area contributed by atoms with Crippen molar-refractivity contribution in [3.05, 3.63) is 83.7 Å². The van der Waals surface area contributed by atoms with Crippen LogP contribution in [0.1, 0.15) is 53.3 Å². The van der Waals surface area contributed by atoms with Crippen molar-refractivity contribution in [3.8, 4) is 0 Å². The average molecular weight is 975 g/mol. The predicted molar refractivity (Wildman–Crippen MR) is 227 cm³/mol. The fourth-order valence-corrected chi connectivity index (χ4v) is 8.45. The van der Waals surface area contributed by atoms with Crippen LogP contribution in [0.25, 0.3) is 0 Å². The van der Waals surface area contributed by atoms with Crippen molar-refractivity contribution in [3.63, 3.8) is 0 Å². The van der Waals surface area contributed by atoms with Crippen LogP contribution in [-0.2, 0) is 52.7 Å². The van der Waals surface area contributed by atoms with Gasteiger partial charge in [0.15, 0.2) is 21.4 Å². The minimum absolute atomic E-state index is 0.0605. The molecule has 2 aromatic carbocycles. The number of fused-ring (bicyclic) bond motifs is 1. The predicted octanol–water partition coefficient (Wildman–Crippen LogP) is 4.29. The highest BCUT2D eigenvalue weighted by Gasteiger charge is 2.34. The lowest BCUT2D eigenvalue weighted by Gasteiger charge is -2.15. The molecule has 0 amide bonds. The van der Waals surface area contributed by atoms with Crippen LogP contribution in [0.2, 0.25) is 10.0 Å². The number of ketones is 1. The number of carboxylic acid groups (broad SMARTS) is 1. The maximum Gasteiger partial charge on any atom is 0.325 e. The molecule has 0 radical (unpaired) electrons. The average Bonchev–Trinajstić information content (AvgIpc) is 3.79. The summed E-state index contributed by atoms with van der Waals surface area (Å²) < 4.78 is 61.1. The summed E-state index contributed by atoms with van der Waals surface area (Å²) in [4.78, 5) is 68.8. The van der Waals surface area contributed by atoms with Gasteiger partial charge in [0.05, 0.1) is 66.1 Å². The minimum Gasteiger partial charge on any atom is -0.778 e. The third-order valence-electron chi connectivity index (χ3n) is 7.65. The zero-order valence-corrected chi connectivity index (χ0v) is 38.6. The molecule has 1 atom stereocenters. The molecule has 0 saturated heterocycles. The first kappa shape index (κ1) is 51.0. The Morgan fingerprint density at radius 2 is 1.78 bits per heavy atom. The lowest BCUT2D eigenvalue weighted by Crippen LogP contribution is -2.31. The van der Waals surface area contributed by atoms with Gasteiger partial charge in [0.25, 0.3) is 0 Å². The third kappa shape index (κ3) is 16.5. The lowest BCUT2D eigenvalue weighted by molar-refractivity contribution is -0.193. The van der Waals surface area contributed by atoms with E-state index >= 15 is 0 Å². The number of ether oxygens (including phenoxy) is 1. The highest BCUT2D eigenvalue weighted by Crippen LogP contribution is 2.42. The molecule has 3 heterocycles. The van der Waals surface area contributed by atoms with Crippen molar-refractivity contribution in [1.82, 2.24) is 19.8 Å². The van der Waals surface area contributed by atoms with Crippen LogP contribution in [0.3, 0.4) is 0 Å². The molecule has 60 heavy (non-hydrogen) atoms. The second kappa shape index (κ2) is 23.2. The number of carbonyl (C=O) groups is 3. The van der Waals surface area contributed by atoms with Crippen molar-refractivity contribution in [1.29, 1.82) is 0 Å². The molecule has 1 aliphatic carbocycles. The monoisotopic (exact) mass is 973 g/mol. The number of sulfone groups is 1. The zero-order chi connectivity index (χ0) is 44.9. The highest BCUT2D eigenvalue weighted by atomic mass is 35.5. The van der Waals surface area contributed by atoms with Gasteiger partial charge in [-0.3, -0.25) is 29.2 Å². The van der Waals surface area contributed by atoms with E-state index in [1.807, 2.05) is 5.32 Å². The van der Waals surface area contributed by atoms with Gasteiger partial charge >= 0.3 is 16.8 Å². The molecule has 1 aliphatic heterocycles. The summed E-state index contributed by atoms with van der Waals surface area (Å²) >= 11 is 14.0. The topological polar surface area (TPSA) is 253 Å². The Hall–Kier alpha value is -3.31. The number of halogens is 3. The maximum absolute atomic E-state index is 14.3. The first-order valence-electron chi connectivity index (χ1n) is 17.5. The Balaban J connectivity index is 0.000000247. The number of carboxylic acids is 1. The maximum atomic E-state index is 14.3. The number of hydrogen-bond acceptors (Lipinski definition) is 15. The SMILES string of the molecule is COC(=O)CSc1cc(N=c2sc(=O)n3n2CCCC3)c(F)cc1Cl.CS(=O)(=O)c1cc(Cl)ccc1C(=O)c1cnoc1C1CC1.C[S+](C)C.O=C(O)CNCP(=O)([O-])O. The van der Waals surface area contributed by atoms with Gasteiger partial charge in [-0.15, -0.1) is 11.8 Å². The summed E-state index contributed by atoms with van der Waals surface area (Å²) in [6.45, 7) is 0.845. The number of nitrogens with one attached hydrogen (secondary N) is 1. The fourth-order valence-electron chi connectivity index (χ4n) is 4.93. The van der Waals surface area contributed by atoms with E-state index in [9.17, 15) is 41.4 Å². The molecule has 330 valence electrons. The Kier molecular flexibility index (Phi) is 19.8. The van der Waals surface area contributed by atoms with Gasteiger partial charge < -0.3 is 28.7 Å². The van der Waals surface area contributed by atoms with Crippen LogP contribution in [0, 0.1) is 5.82 Å². The van der Waals surface area contributed by atoms with Crippen LogP contribution in [-0.4, -0.2) is 101 Å². The number of methoxy groups -OCH3 is 1. The normalized spacial score (nSPS) is 14.6. The van der Waals surface area contributed by atoms with E-state index in [2.05, 4.69) is 33.7 Å². The number of aromatic nitrogens is 3. The Bertz CT molecular complexity index is 2440. The lowest BCUT2D eigenvalue weighted by atomic mass is 10.0. The largest absolute Gasteiger partial charge is 0.778 e. The summed E-state index contributed by atoms with van der Waals surface area (Å²) in [7, 11) is -5.98. The van der Waals surface area contributed by atoms with Crippen molar-refractivity contribution < 1.29 is 55.9 Å². The number of rotatable bonds is 12. The van der Waals surface area contributed by atoms with Crippen LogP contribution in [0.4, 0.5) is 10.1 Å². The number of hydrogen-bond donors (Lipinski definition) is 3. The Morgan fingerprint density at radius 3 is 2.35 bits per heavy atom. The molecule has 25 heteroatoms. The van der Waals surface area contributed by atoms with Crippen molar-refractivity contribution in [2.75, 3.05) is 50.7 Å². The molecule has 2 aliphatic rings. The molecule has 2 aromatic heterocycles. The summed E-state index contributed by atoms with van der Waals surface area (Å²) in [5.41, 5.74) is 0.496.